The van der Waals surface area contributed by atoms with E-state index in [1.165, 1.54) is 0 Å². The van der Waals surface area contributed by atoms with Crippen LogP contribution in [0.5, 0.6) is 0 Å². The number of carbonyl (C=O) groups excluding carboxylic acids is 1. The first-order valence-corrected chi connectivity index (χ1v) is 3.54. The number of hydrogen-bond donors (Lipinski definition) is 1. The zero-order chi connectivity index (χ0) is 8.27. The van der Waals surface area contributed by atoms with Crippen molar-refractivity contribution in [2.75, 3.05) is 0 Å². The van der Waals surface area contributed by atoms with E-state index in [2.05, 4.69) is 0 Å². The highest BCUT2D eigenvalue weighted by Crippen LogP contribution is 1.88. The number of carbonyl (C=O) groups is 1. The fourth-order valence-corrected chi connectivity index (χ4v) is 0.976. The Morgan fingerprint density at radius 2 is 2.36 bits per heavy atom. The standard InChI is InChI=1S/C8H10N2O/c1-2-10-6-4-3-5-7(10)8(9)11/h3-6H,2H2,1H3,(H-,9,11)/p+1. The van der Waals surface area contributed by atoms with Gasteiger partial charge < -0.3 is 5.73 Å². The van der Waals surface area contributed by atoms with E-state index in [4.69, 9.17) is 5.73 Å². The first-order valence-electron chi connectivity index (χ1n) is 3.54. The largest absolute Gasteiger partial charge is 0.360 e. The van der Waals surface area contributed by atoms with E-state index in [-0.39, 0.29) is 5.91 Å². The number of rotatable bonds is 2. The minimum absolute atomic E-state index is 0.382. The van der Waals surface area contributed by atoms with Crippen molar-refractivity contribution < 1.29 is 9.36 Å². The van der Waals surface area contributed by atoms with Gasteiger partial charge >= 0.3 is 5.91 Å². The quantitative estimate of drug-likeness (QED) is 0.598. The third kappa shape index (κ3) is 1.55. The molecule has 0 aromatic carbocycles. The first kappa shape index (κ1) is 7.72. The lowest BCUT2D eigenvalue weighted by Gasteiger charge is -1.95. The Morgan fingerprint density at radius 3 is 2.82 bits per heavy atom. The minimum atomic E-state index is -0.382. The van der Waals surface area contributed by atoms with Crippen molar-refractivity contribution in [3.8, 4) is 0 Å². The van der Waals surface area contributed by atoms with E-state index in [1.54, 1.807) is 12.1 Å². The van der Waals surface area contributed by atoms with Crippen molar-refractivity contribution in [2.45, 2.75) is 13.5 Å². The Morgan fingerprint density at radius 1 is 1.64 bits per heavy atom. The zero-order valence-electron chi connectivity index (χ0n) is 6.45. The van der Waals surface area contributed by atoms with Crippen molar-refractivity contribution >= 4 is 5.91 Å². The van der Waals surface area contributed by atoms with Gasteiger partial charge in [-0.2, -0.15) is 4.57 Å². The molecule has 0 unspecified atom stereocenters. The number of pyridine rings is 1. The Kier molecular flexibility index (Phi) is 2.21. The Balaban J connectivity index is 3.12. The summed E-state index contributed by atoms with van der Waals surface area (Å²) >= 11 is 0. The predicted octanol–water partition coefficient (Wildman–Crippen LogP) is 0.0929. The molecule has 0 saturated carbocycles. The van der Waals surface area contributed by atoms with E-state index in [1.807, 2.05) is 23.8 Å². The summed E-state index contributed by atoms with van der Waals surface area (Å²) in [6.45, 7) is 2.73. The summed E-state index contributed by atoms with van der Waals surface area (Å²) in [7, 11) is 0. The van der Waals surface area contributed by atoms with Gasteiger partial charge in [-0.25, -0.2) is 0 Å². The molecule has 0 bridgehead atoms. The smallest absolute Gasteiger partial charge is 0.313 e. The van der Waals surface area contributed by atoms with Gasteiger partial charge in [0.25, 0.3) is 5.69 Å². The number of aromatic nitrogens is 1. The highest BCUT2D eigenvalue weighted by Gasteiger charge is 2.11. The van der Waals surface area contributed by atoms with E-state index in [0.29, 0.717) is 5.69 Å². The van der Waals surface area contributed by atoms with Crippen LogP contribution >= 0.6 is 0 Å². The van der Waals surface area contributed by atoms with Crippen molar-refractivity contribution in [1.29, 1.82) is 0 Å². The minimum Gasteiger partial charge on any atom is -0.360 e. The number of primary amides is 1. The summed E-state index contributed by atoms with van der Waals surface area (Å²) in [5.74, 6) is -0.382. The predicted molar refractivity (Wildman–Crippen MR) is 40.8 cm³/mol. The highest BCUT2D eigenvalue weighted by atomic mass is 16.1. The van der Waals surface area contributed by atoms with Gasteiger partial charge in [-0.3, -0.25) is 4.79 Å². The van der Waals surface area contributed by atoms with Gasteiger partial charge in [0.1, 0.15) is 6.54 Å². The van der Waals surface area contributed by atoms with Crippen LogP contribution in [0.4, 0.5) is 0 Å². The molecule has 3 nitrogen and oxygen atoms in total. The second-order valence-electron chi connectivity index (χ2n) is 2.24. The molecule has 0 aliphatic carbocycles. The van der Waals surface area contributed by atoms with E-state index < -0.39 is 0 Å². The normalized spacial score (nSPS) is 9.55. The lowest BCUT2D eigenvalue weighted by molar-refractivity contribution is -0.695. The van der Waals surface area contributed by atoms with E-state index in [0.717, 1.165) is 6.54 Å². The third-order valence-corrected chi connectivity index (χ3v) is 1.53. The van der Waals surface area contributed by atoms with Crippen LogP contribution in [0.15, 0.2) is 24.4 Å². The number of amides is 1. The third-order valence-electron chi connectivity index (χ3n) is 1.53. The summed E-state index contributed by atoms with van der Waals surface area (Å²) in [5.41, 5.74) is 5.68. The van der Waals surface area contributed by atoms with E-state index in [9.17, 15) is 4.79 Å². The zero-order valence-corrected chi connectivity index (χ0v) is 6.45. The molecule has 0 saturated heterocycles. The van der Waals surface area contributed by atoms with Crippen LogP contribution in [-0.4, -0.2) is 5.91 Å². The summed E-state index contributed by atoms with van der Waals surface area (Å²) in [6, 6.07) is 5.38. The van der Waals surface area contributed by atoms with Gasteiger partial charge in [0.15, 0.2) is 6.20 Å². The molecule has 0 spiro atoms. The molecule has 2 N–H and O–H groups in total. The summed E-state index contributed by atoms with van der Waals surface area (Å²) in [4.78, 5) is 10.8. The molecule has 1 aromatic heterocycles. The molecule has 0 aliphatic rings. The Labute approximate surface area is 65.5 Å². The van der Waals surface area contributed by atoms with Crippen LogP contribution in [0.3, 0.4) is 0 Å². The van der Waals surface area contributed by atoms with E-state index >= 15 is 0 Å². The summed E-state index contributed by atoms with van der Waals surface area (Å²) < 4.78 is 1.81. The molecule has 58 valence electrons. The van der Waals surface area contributed by atoms with Crippen LogP contribution < -0.4 is 10.3 Å². The van der Waals surface area contributed by atoms with Gasteiger partial charge in [0, 0.05) is 12.1 Å². The van der Waals surface area contributed by atoms with Crippen LogP contribution in [-0.2, 0) is 6.54 Å². The topological polar surface area (TPSA) is 47.0 Å². The van der Waals surface area contributed by atoms with Crippen molar-refractivity contribution in [3.05, 3.63) is 30.1 Å². The Bertz CT molecular complexity index is 271. The van der Waals surface area contributed by atoms with Crippen molar-refractivity contribution in [3.63, 3.8) is 0 Å². The maximum absolute atomic E-state index is 10.8. The van der Waals surface area contributed by atoms with Crippen LogP contribution in [0.1, 0.15) is 17.4 Å². The van der Waals surface area contributed by atoms with Gasteiger partial charge in [0.05, 0.1) is 0 Å². The molecule has 0 fully saturated rings. The molecule has 11 heavy (non-hydrogen) atoms. The maximum atomic E-state index is 10.8. The molecule has 0 aliphatic heterocycles. The average Bonchev–Trinajstić information content (AvgIpc) is 2.04. The molecule has 1 heterocycles. The second kappa shape index (κ2) is 3.14. The van der Waals surface area contributed by atoms with Crippen LogP contribution in [0, 0.1) is 0 Å². The molecular weight excluding hydrogens is 140 g/mol. The lowest BCUT2D eigenvalue weighted by Crippen LogP contribution is -2.40. The van der Waals surface area contributed by atoms with Crippen molar-refractivity contribution in [1.82, 2.24) is 0 Å². The lowest BCUT2D eigenvalue weighted by atomic mass is 10.3. The first-order chi connectivity index (χ1) is 5.25. The molecule has 0 atom stereocenters. The second-order valence-corrected chi connectivity index (χ2v) is 2.24. The maximum Gasteiger partial charge on any atom is 0.313 e. The number of aryl methyl sites for hydroxylation is 1. The number of hydrogen-bond acceptors (Lipinski definition) is 1. The fraction of sp³-hybridized carbons (Fsp3) is 0.250. The van der Waals surface area contributed by atoms with Gasteiger partial charge in [0.2, 0.25) is 0 Å². The fourth-order valence-electron chi connectivity index (χ4n) is 0.976. The molecular formula is C8H11N2O+. The monoisotopic (exact) mass is 151 g/mol. The average molecular weight is 151 g/mol. The van der Waals surface area contributed by atoms with Gasteiger partial charge in [-0.15, -0.1) is 0 Å². The number of nitrogens with zero attached hydrogens (tertiary/aromatic N) is 1. The summed E-state index contributed by atoms with van der Waals surface area (Å²) in [6.07, 6.45) is 1.83. The Hall–Kier alpha value is -1.38. The molecule has 1 amide bonds. The van der Waals surface area contributed by atoms with Crippen LogP contribution in [0.25, 0.3) is 0 Å². The van der Waals surface area contributed by atoms with Gasteiger partial charge in [-0.1, -0.05) is 0 Å². The van der Waals surface area contributed by atoms with Crippen LogP contribution in [0.2, 0.25) is 0 Å². The SMILES string of the molecule is CC[n+]1ccccc1C(N)=O. The number of nitrogens with two attached hydrogens (primary N) is 1. The molecule has 1 aromatic rings. The van der Waals surface area contributed by atoms with Crippen molar-refractivity contribution in [2.24, 2.45) is 5.73 Å². The van der Waals surface area contributed by atoms with Gasteiger partial charge in [-0.05, 0) is 13.0 Å². The molecule has 1 rings (SSSR count). The summed E-state index contributed by atoms with van der Waals surface area (Å²) in [5, 5.41) is 0. The highest BCUT2D eigenvalue weighted by molar-refractivity contribution is 5.89. The molecule has 0 radical (unpaired) electrons. The molecule has 3 heteroatoms.